The lowest BCUT2D eigenvalue weighted by atomic mass is 10.0. The highest BCUT2D eigenvalue weighted by molar-refractivity contribution is 5.71. The molecule has 0 aromatic rings. The zero-order valence-electron chi connectivity index (χ0n) is 53.5. The molecule has 0 fully saturated rings. The highest BCUT2D eigenvalue weighted by Gasteiger charge is 2.19. The minimum atomic E-state index is -0.785. The molecule has 0 bridgehead atoms. The molecule has 1 unspecified atom stereocenters. The van der Waals surface area contributed by atoms with Gasteiger partial charge in [0.05, 0.1) is 0 Å². The number of hydrogen-bond acceptors (Lipinski definition) is 6. The molecule has 466 valence electrons. The molecular formula is C75H130O6. The molecule has 0 radical (unpaired) electrons. The van der Waals surface area contributed by atoms with Crippen LogP contribution in [0, 0.1) is 0 Å². The molecule has 0 heterocycles. The molecule has 0 aromatic carbocycles. The molecule has 6 nitrogen and oxygen atoms in total. The molecule has 0 amide bonds. The minimum Gasteiger partial charge on any atom is -0.462 e. The van der Waals surface area contributed by atoms with E-state index in [0.29, 0.717) is 19.3 Å². The van der Waals surface area contributed by atoms with Crippen molar-refractivity contribution < 1.29 is 28.6 Å². The number of rotatable bonds is 63. The Balaban J connectivity index is 4.31. The van der Waals surface area contributed by atoms with Crippen LogP contribution in [0.5, 0.6) is 0 Å². The van der Waals surface area contributed by atoms with Crippen LogP contribution in [0.2, 0.25) is 0 Å². The first-order valence-corrected chi connectivity index (χ1v) is 34.7. The van der Waals surface area contributed by atoms with Crippen LogP contribution in [0.4, 0.5) is 0 Å². The maximum atomic E-state index is 12.9. The largest absolute Gasteiger partial charge is 0.462 e. The SMILES string of the molecule is CC/C=C\C/C=C\C/C=C\C/C=C\C/C=C\C/C=C\CCCCCCCCCCCCC(=O)OCC(COC(=O)CCCCCCC/C=C\C/C=C\CCCCC)OC(=O)CCCCCCCCCCCCCCCCCCCCC. The average molecular weight is 1130 g/mol. The topological polar surface area (TPSA) is 78.9 Å². The van der Waals surface area contributed by atoms with Crippen molar-refractivity contribution in [2.75, 3.05) is 13.2 Å². The normalized spacial score (nSPS) is 12.7. The molecule has 0 N–H and O–H groups in total. The smallest absolute Gasteiger partial charge is 0.306 e. The summed E-state index contributed by atoms with van der Waals surface area (Å²) in [6, 6.07) is 0. The first kappa shape index (κ1) is 77.3. The fourth-order valence-corrected chi connectivity index (χ4v) is 9.89. The Bertz CT molecular complexity index is 1580. The first-order chi connectivity index (χ1) is 40.0. The molecule has 0 spiro atoms. The van der Waals surface area contributed by atoms with Gasteiger partial charge in [-0.3, -0.25) is 14.4 Å². The van der Waals surface area contributed by atoms with Crippen LogP contribution in [0.25, 0.3) is 0 Å². The van der Waals surface area contributed by atoms with Crippen molar-refractivity contribution in [2.24, 2.45) is 0 Å². The highest BCUT2D eigenvalue weighted by Crippen LogP contribution is 2.17. The summed E-state index contributed by atoms with van der Waals surface area (Å²) in [6.07, 6.45) is 92.8. The van der Waals surface area contributed by atoms with Gasteiger partial charge < -0.3 is 14.2 Å². The third-order valence-electron chi connectivity index (χ3n) is 15.1. The Labute approximate surface area is 502 Å². The molecule has 0 saturated heterocycles. The van der Waals surface area contributed by atoms with E-state index in [9.17, 15) is 14.4 Å². The van der Waals surface area contributed by atoms with Crippen LogP contribution in [0.3, 0.4) is 0 Å². The lowest BCUT2D eigenvalue weighted by molar-refractivity contribution is -0.167. The lowest BCUT2D eigenvalue weighted by Crippen LogP contribution is -2.30. The zero-order valence-corrected chi connectivity index (χ0v) is 53.5. The van der Waals surface area contributed by atoms with Gasteiger partial charge >= 0.3 is 17.9 Å². The van der Waals surface area contributed by atoms with Crippen molar-refractivity contribution in [1.82, 2.24) is 0 Å². The molecule has 0 aromatic heterocycles. The fraction of sp³-hybridized carbons (Fsp3) is 0.747. The van der Waals surface area contributed by atoms with Gasteiger partial charge in [-0.1, -0.05) is 317 Å². The number of esters is 3. The van der Waals surface area contributed by atoms with E-state index in [0.717, 1.165) is 116 Å². The summed E-state index contributed by atoms with van der Waals surface area (Å²) in [7, 11) is 0. The van der Waals surface area contributed by atoms with Gasteiger partial charge in [0, 0.05) is 19.3 Å². The van der Waals surface area contributed by atoms with E-state index in [-0.39, 0.29) is 31.1 Å². The Morgan fingerprint density at radius 2 is 0.481 bits per heavy atom. The summed E-state index contributed by atoms with van der Waals surface area (Å²) in [6.45, 7) is 6.53. The van der Waals surface area contributed by atoms with Crippen molar-refractivity contribution in [2.45, 2.75) is 348 Å². The second-order valence-corrected chi connectivity index (χ2v) is 23.1. The quantitative estimate of drug-likeness (QED) is 0.0261. The Morgan fingerprint density at radius 1 is 0.259 bits per heavy atom. The van der Waals surface area contributed by atoms with Crippen LogP contribution in [-0.2, 0) is 28.6 Å². The molecule has 81 heavy (non-hydrogen) atoms. The van der Waals surface area contributed by atoms with E-state index >= 15 is 0 Å². The van der Waals surface area contributed by atoms with Gasteiger partial charge in [0.15, 0.2) is 6.10 Å². The van der Waals surface area contributed by atoms with Crippen LogP contribution in [-0.4, -0.2) is 37.2 Å². The molecule has 1 atom stereocenters. The van der Waals surface area contributed by atoms with Crippen molar-refractivity contribution >= 4 is 17.9 Å². The second-order valence-electron chi connectivity index (χ2n) is 23.1. The molecule has 0 aliphatic rings. The van der Waals surface area contributed by atoms with Gasteiger partial charge in [0.25, 0.3) is 0 Å². The third kappa shape index (κ3) is 67.0. The molecule has 6 heteroatoms. The van der Waals surface area contributed by atoms with Gasteiger partial charge in [0.2, 0.25) is 0 Å². The van der Waals surface area contributed by atoms with Crippen LogP contribution in [0.15, 0.2) is 97.2 Å². The first-order valence-electron chi connectivity index (χ1n) is 34.7. The number of unbranched alkanes of at least 4 members (excludes halogenated alkanes) is 36. The summed E-state index contributed by atoms with van der Waals surface area (Å²) in [5.41, 5.74) is 0. The summed E-state index contributed by atoms with van der Waals surface area (Å²) in [5.74, 6) is -0.882. The van der Waals surface area contributed by atoms with E-state index in [1.807, 2.05) is 0 Å². The Hall–Kier alpha value is -3.67. The van der Waals surface area contributed by atoms with Crippen LogP contribution in [0.1, 0.15) is 342 Å². The van der Waals surface area contributed by atoms with Gasteiger partial charge in [-0.2, -0.15) is 0 Å². The van der Waals surface area contributed by atoms with Crippen molar-refractivity contribution in [3.8, 4) is 0 Å². The van der Waals surface area contributed by atoms with Gasteiger partial charge in [0.1, 0.15) is 13.2 Å². The lowest BCUT2D eigenvalue weighted by Gasteiger charge is -2.18. The molecule has 0 aliphatic carbocycles. The summed E-state index contributed by atoms with van der Waals surface area (Å²) in [4.78, 5) is 38.4. The van der Waals surface area contributed by atoms with Crippen molar-refractivity contribution in [3.05, 3.63) is 97.2 Å². The summed E-state index contributed by atoms with van der Waals surface area (Å²) < 4.78 is 17.0. The number of allylic oxidation sites excluding steroid dienone is 16. The average Bonchev–Trinajstić information content (AvgIpc) is 3.47. The number of ether oxygens (including phenoxy) is 3. The number of carbonyl (C=O) groups is 3. The molecule has 0 aliphatic heterocycles. The highest BCUT2D eigenvalue weighted by atomic mass is 16.6. The Kier molecular flexibility index (Phi) is 65.7. The molecule has 0 saturated carbocycles. The van der Waals surface area contributed by atoms with E-state index < -0.39 is 6.10 Å². The third-order valence-corrected chi connectivity index (χ3v) is 15.1. The van der Waals surface area contributed by atoms with E-state index in [4.69, 9.17) is 14.2 Å². The fourth-order valence-electron chi connectivity index (χ4n) is 9.89. The van der Waals surface area contributed by atoms with Crippen molar-refractivity contribution in [3.63, 3.8) is 0 Å². The Morgan fingerprint density at radius 3 is 0.778 bits per heavy atom. The van der Waals surface area contributed by atoms with Crippen molar-refractivity contribution in [1.29, 1.82) is 0 Å². The van der Waals surface area contributed by atoms with Crippen LogP contribution >= 0.6 is 0 Å². The van der Waals surface area contributed by atoms with Gasteiger partial charge in [-0.15, -0.1) is 0 Å². The van der Waals surface area contributed by atoms with E-state index in [2.05, 4.69) is 118 Å². The monoisotopic (exact) mass is 1130 g/mol. The zero-order chi connectivity index (χ0) is 58.5. The maximum absolute atomic E-state index is 12.9. The second kappa shape index (κ2) is 68.8. The van der Waals surface area contributed by atoms with Gasteiger partial charge in [-0.25, -0.2) is 0 Å². The summed E-state index contributed by atoms with van der Waals surface area (Å²) >= 11 is 0. The maximum Gasteiger partial charge on any atom is 0.306 e. The standard InChI is InChI=1S/C75H130O6/c1-4-7-10-13-16-19-22-25-28-30-32-33-34-35-36-37-38-39-40-41-43-44-47-50-53-56-59-62-65-68-74(77)80-71-72(70-79-73(76)67-64-61-58-55-52-49-46-27-24-21-18-15-12-9-6-3)81-75(78)69-66-63-60-57-54-51-48-45-42-31-29-26-23-20-17-14-11-8-5-2/h7,10,16,18-19,21,25,27-28,32-33,35-36,38-39,46,72H,4-6,8-9,11-15,17,20,22-24,26,29-31,34,37,40-45,47-71H2,1-3H3/b10-7-,19-16-,21-18-,28-25-,33-32-,36-35-,39-38-,46-27-. The molecule has 0 rings (SSSR count). The minimum absolute atomic E-state index is 0.0812. The van der Waals surface area contributed by atoms with Gasteiger partial charge in [-0.05, 0) is 103 Å². The predicted molar refractivity (Wildman–Crippen MR) is 353 cm³/mol. The predicted octanol–water partition coefficient (Wildman–Crippen LogP) is 24.0. The molecular weight excluding hydrogens is 997 g/mol. The summed E-state index contributed by atoms with van der Waals surface area (Å²) in [5, 5.41) is 0. The van der Waals surface area contributed by atoms with E-state index in [1.54, 1.807) is 0 Å². The van der Waals surface area contributed by atoms with Crippen LogP contribution < -0.4 is 0 Å². The van der Waals surface area contributed by atoms with E-state index in [1.165, 1.54) is 186 Å². The number of hydrogen-bond donors (Lipinski definition) is 0. The number of carbonyl (C=O) groups excluding carboxylic acids is 3.